The Morgan fingerprint density at radius 3 is 2.18 bits per heavy atom. The summed E-state index contributed by atoms with van der Waals surface area (Å²) in [6, 6.07) is 13.8. The first-order chi connectivity index (χ1) is 13.4. The van der Waals surface area contributed by atoms with Gasteiger partial charge in [-0.3, -0.25) is 14.9 Å². The van der Waals surface area contributed by atoms with E-state index in [0.29, 0.717) is 23.4 Å². The first-order valence-corrected chi connectivity index (χ1v) is 9.48. The summed E-state index contributed by atoms with van der Waals surface area (Å²) in [5, 5.41) is 5.75. The van der Waals surface area contributed by atoms with Gasteiger partial charge in [0.1, 0.15) is 5.75 Å². The van der Waals surface area contributed by atoms with Crippen LogP contribution in [0.2, 0.25) is 0 Å². The lowest BCUT2D eigenvalue weighted by Crippen LogP contribution is -2.34. The number of anilines is 1. The molecule has 7 heteroatoms. The summed E-state index contributed by atoms with van der Waals surface area (Å²) in [4.78, 5) is 25.7. The molecule has 2 N–H and O–H groups in total. The Labute approximate surface area is 170 Å². The highest BCUT2D eigenvalue weighted by Gasteiger charge is 2.10. The number of ether oxygens (including phenoxy) is 1. The third kappa shape index (κ3) is 6.35. The quantitative estimate of drug-likeness (QED) is 0.549. The van der Waals surface area contributed by atoms with Gasteiger partial charge in [0, 0.05) is 30.9 Å². The summed E-state index contributed by atoms with van der Waals surface area (Å²) >= 11 is 5.19. The second-order valence-corrected chi connectivity index (χ2v) is 6.82. The van der Waals surface area contributed by atoms with Crippen molar-refractivity contribution in [3.05, 3.63) is 59.7 Å². The predicted molar refractivity (Wildman–Crippen MR) is 115 cm³/mol. The molecule has 0 radical (unpaired) electrons. The van der Waals surface area contributed by atoms with Crippen LogP contribution in [0.5, 0.6) is 5.75 Å². The monoisotopic (exact) mass is 399 g/mol. The van der Waals surface area contributed by atoms with Crippen molar-refractivity contribution >= 4 is 34.8 Å². The SMILES string of the molecule is CCCCOc1ccc(C(=O)NC(=S)Nc2ccc(C(=O)N(C)C)cc2)cc1. The van der Waals surface area contributed by atoms with Crippen molar-refractivity contribution in [2.45, 2.75) is 19.8 Å². The minimum Gasteiger partial charge on any atom is -0.494 e. The van der Waals surface area contributed by atoms with Gasteiger partial charge in [0.2, 0.25) is 0 Å². The Balaban J connectivity index is 1.88. The largest absolute Gasteiger partial charge is 0.494 e. The van der Waals surface area contributed by atoms with Crippen molar-refractivity contribution in [1.29, 1.82) is 0 Å². The van der Waals surface area contributed by atoms with E-state index >= 15 is 0 Å². The van der Waals surface area contributed by atoms with Crippen LogP contribution in [0.1, 0.15) is 40.5 Å². The van der Waals surface area contributed by atoms with E-state index in [0.717, 1.165) is 18.6 Å². The Bertz CT molecular complexity index is 818. The van der Waals surface area contributed by atoms with Crippen molar-refractivity contribution in [3.8, 4) is 5.75 Å². The molecule has 28 heavy (non-hydrogen) atoms. The van der Waals surface area contributed by atoms with Gasteiger partial charge in [0.05, 0.1) is 6.61 Å². The maximum absolute atomic E-state index is 12.3. The fourth-order valence-corrected chi connectivity index (χ4v) is 2.54. The normalized spacial score (nSPS) is 10.1. The number of hydrogen-bond acceptors (Lipinski definition) is 4. The van der Waals surface area contributed by atoms with Crippen molar-refractivity contribution in [2.75, 3.05) is 26.0 Å². The second kappa shape index (κ2) is 10.4. The van der Waals surface area contributed by atoms with Crippen LogP contribution < -0.4 is 15.4 Å². The van der Waals surface area contributed by atoms with Crippen molar-refractivity contribution in [2.24, 2.45) is 0 Å². The first-order valence-electron chi connectivity index (χ1n) is 9.07. The van der Waals surface area contributed by atoms with Gasteiger partial charge in [-0.1, -0.05) is 13.3 Å². The summed E-state index contributed by atoms with van der Waals surface area (Å²) in [5.41, 5.74) is 1.74. The van der Waals surface area contributed by atoms with Gasteiger partial charge < -0.3 is 15.0 Å². The molecule has 2 amide bonds. The second-order valence-electron chi connectivity index (χ2n) is 6.41. The fraction of sp³-hybridized carbons (Fsp3) is 0.286. The number of carbonyl (C=O) groups is 2. The molecule has 0 bridgehead atoms. The van der Waals surface area contributed by atoms with E-state index in [-0.39, 0.29) is 16.9 Å². The van der Waals surface area contributed by atoms with E-state index in [2.05, 4.69) is 17.6 Å². The molecular weight excluding hydrogens is 374 g/mol. The molecule has 0 spiro atoms. The Kier molecular flexibility index (Phi) is 7.95. The van der Waals surface area contributed by atoms with Crippen LogP contribution in [0.25, 0.3) is 0 Å². The smallest absolute Gasteiger partial charge is 0.257 e. The first kappa shape index (κ1) is 21.4. The van der Waals surface area contributed by atoms with Gasteiger partial charge in [-0.2, -0.15) is 0 Å². The van der Waals surface area contributed by atoms with Crippen molar-refractivity contribution in [3.63, 3.8) is 0 Å². The van der Waals surface area contributed by atoms with Crippen LogP contribution in [0.4, 0.5) is 5.69 Å². The number of nitrogens with zero attached hydrogens (tertiary/aromatic N) is 1. The minimum absolute atomic E-state index is 0.0791. The predicted octanol–water partition coefficient (Wildman–Crippen LogP) is 3.69. The number of nitrogens with one attached hydrogen (secondary N) is 2. The summed E-state index contributed by atoms with van der Waals surface area (Å²) < 4.78 is 5.59. The van der Waals surface area contributed by atoms with Crippen LogP contribution in [0, 0.1) is 0 Å². The molecule has 6 nitrogen and oxygen atoms in total. The minimum atomic E-state index is -0.308. The molecule has 0 aromatic heterocycles. The average molecular weight is 400 g/mol. The summed E-state index contributed by atoms with van der Waals surface area (Å²) in [6.45, 7) is 2.76. The molecule has 2 rings (SSSR count). The number of amides is 2. The summed E-state index contributed by atoms with van der Waals surface area (Å²) in [5.74, 6) is 0.347. The molecule has 0 aliphatic rings. The third-order valence-corrected chi connectivity index (χ3v) is 4.11. The molecule has 0 fully saturated rings. The Morgan fingerprint density at radius 2 is 1.61 bits per heavy atom. The molecule has 148 valence electrons. The standard InChI is InChI=1S/C21H25N3O3S/c1-4-5-14-27-18-12-8-15(9-13-18)19(25)23-21(28)22-17-10-6-16(7-11-17)20(26)24(2)3/h6-13H,4-5,14H2,1-3H3,(H2,22,23,25,28). The Morgan fingerprint density at radius 1 is 1.00 bits per heavy atom. The average Bonchev–Trinajstić information content (AvgIpc) is 2.68. The Hall–Kier alpha value is -2.93. The lowest BCUT2D eigenvalue weighted by Gasteiger charge is -2.12. The van der Waals surface area contributed by atoms with E-state index in [1.165, 1.54) is 4.90 Å². The molecule has 0 unspecified atom stereocenters. The molecule has 2 aromatic carbocycles. The zero-order valence-corrected chi connectivity index (χ0v) is 17.1. The van der Waals surface area contributed by atoms with E-state index in [9.17, 15) is 9.59 Å². The van der Waals surface area contributed by atoms with E-state index in [1.54, 1.807) is 62.6 Å². The van der Waals surface area contributed by atoms with Crippen LogP contribution in [0.15, 0.2) is 48.5 Å². The van der Waals surface area contributed by atoms with Gasteiger partial charge in [0.25, 0.3) is 11.8 Å². The number of hydrogen-bond donors (Lipinski definition) is 2. The molecule has 0 saturated carbocycles. The van der Waals surface area contributed by atoms with E-state index in [4.69, 9.17) is 17.0 Å². The molecule has 0 heterocycles. The molecular formula is C21H25N3O3S. The maximum atomic E-state index is 12.3. The van der Waals surface area contributed by atoms with E-state index in [1.807, 2.05) is 0 Å². The van der Waals surface area contributed by atoms with Gasteiger partial charge in [-0.15, -0.1) is 0 Å². The topological polar surface area (TPSA) is 70.7 Å². The van der Waals surface area contributed by atoms with Gasteiger partial charge >= 0.3 is 0 Å². The molecule has 0 aliphatic carbocycles. The maximum Gasteiger partial charge on any atom is 0.257 e. The van der Waals surface area contributed by atoms with Crippen LogP contribution in [-0.2, 0) is 0 Å². The molecule has 0 saturated heterocycles. The van der Waals surface area contributed by atoms with E-state index < -0.39 is 0 Å². The van der Waals surface area contributed by atoms with Crippen molar-refractivity contribution < 1.29 is 14.3 Å². The highest BCUT2D eigenvalue weighted by atomic mass is 32.1. The number of benzene rings is 2. The number of rotatable bonds is 7. The summed E-state index contributed by atoms with van der Waals surface area (Å²) in [6.07, 6.45) is 2.06. The molecule has 2 aromatic rings. The lowest BCUT2D eigenvalue weighted by atomic mass is 10.2. The zero-order chi connectivity index (χ0) is 20.5. The number of thiocarbonyl (C=S) groups is 1. The lowest BCUT2D eigenvalue weighted by molar-refractivity contribution is 0.0827. The van der Waals surface area contributed by atoms with Crippen LogP contribution >= 0.6 is 12.2 Å². The van der Waals surface area contributed by atoms with Crippen LogP contribution in [-0.4, -0.2) is 42.5 Å². The van der Waals surface area contributed by atoms with Gasteiger partial charge in [-0.05, 0) is 67.2 Å². The van der Waals surface area contributed by atoms with Crippen molar-refractivity contribution in [1.82, 2.24) is 10.2 Å². The molecule has 0 aliphatic heterocycles. The highest BCUT2D eigenvalue weighted by molar-refractivity contribution is 7.80. The number of unbranched alkanes of at least 4 members (excludes halogenated alkanes) is 1. The fourth-order valence-electron chi connectivity index (χ4n) is 2.33. The van der Waals surface area contributed by atoms with Gasteiger partial charge in [0.15, 0.2) is 5.11 Å². The zero-order valence-electron chi connectivity index (χ0n) is 16.3. The van der Waals surface area contributed by atoms with Crippen LogP contribution in [0.3, 0.4) is 0 Å². The highest BCUT2D eigenvalue weighted by Crippen LogP contribution is 2.13. The third-order valence-electron chi connectivity index (χ3n) is 3.91. The summed E-state index contributed by atoms with van der Waals surface area (Å²) in [7, 11) is 3.39. The number of carbonyl (C=O) groups excluding carboxylic acids is 2. The van der Waals surface area contributed by atoms with Gasteiger partial charge in [-0.25, -0.2) is 0 Å². The molecule has 0 atom stereocenters.